The van der Waals surface area contributed by atoms with Gasteiger partial charge in [0, 0.05) is 17.3 Å². The second-order valence-electron chi connectivity index (χ2n) is 6.63. The molecule has 0 spiro atoms. The Morgan fingerprint density at radius 1 is 1.04 bits per heavy atom. The molecule has 0 saturated heterocycles. The van der Waals surface area contributed by atoms with Gasteiger partial charge in [-0.1, -0.05) is 19.3 Å². The van der Waals surface area contributed by atoms with Crippen LogP contribution in [0.2, 0.25) is 0 Å². The summed E-state index contributed by atoms with van der Waals surface area (Å²) < 4.78 is 10.6. The monoisotopic (exact) mass is 335 g/mol. The van der Waals surface area contributed by atoms with Crippen LogP contribution in [0.25, 0.3) is 0 Å². The first kappa shape index (κ1) is 18.7. The van der Waals surface area contributed by atoms with E-state index in [0.717, 1.165) is 31.4 Å². The predicted molar refractivity (Wildman–Crippen MR) is 92.6 cm³/mol. The molecule has 2 aliphatic rings. The van der Waals surface area contributed by atoms with Gasteiger partial charge in [0.25, 0.3) is 0 Å². The highest BCUT2D eigenvalue weighted by atomic mass is 16.5. The van der Waals surface area contributed by atoms with Gasteiger partial charge in [0.1, 0.15) is 5.92 Å². The molecule has 134 valence electrons. The Kier molecular flexibility index (Phi) is 6.58. The van der Waals surface area contributed by atoms with Crippen LogP contribution in [0.1, 0.15) is 59.8 Å². The molecule has 1 fully saturated rings. The molecule has 0 aromatic heterocycles. The van der Waals surface area contributed by atoms with Crippen molar-refractivity contribution in [1.29, 1.82) is 0 Å². The van der Waals surface area contributed by atoms with Gasteiger partial charge in [-0.2, -0.15) is 0 Å². The second kappa shape index (κ2) is 8.45. The summed E-state index contributed by atoms with van der Waals surface area (Å²) in [5.74, 6) is -0.968. The molecule has 0 aromatic carbocycles. The van der Waals surface area contributed by atoms with Crippen molar-refractivity contribution in [2.75, 3.05) is 13.2 Å². The van der Waals surface area contributed by atoms with Gasteiger partial charge < -0.3 is 9.47 Å². The molecule has 1 aliphatic carbocycles. The number of carbonyl (C=O) groups is 2. The van der Waals surface area contributed by atoms with Crippen molar-refractivity contribution >= 4 is 17.7 Å². The number of aliphatic imine (C=N–C) groups is 1. The molecule has 0 aromatic rings. The molecule has 0 bridgehead atoms. The normalized spacial score (nSPS) is 25.2. The Bertz CT molecular complexity index is 544. The van der Waals surface area contributed by atoms with E-state index in [1.165, 1.54) is 6.42 Å². The van der Waals surface area contributed by atoms with Gasteiger partial charge in [-0.05, 0) is 46.5 Å². The summed E-state index contributed by atoms with van der Waals surface area (Å²) in [6, 6.07) is 0. The largest absolute Gasteiger partial charge is 0.465 e. The molecule has 2 unspecified atom stereocenters. The van der Waals surface area contributed by atoms with Crippen molar-refractivity contribution in [3.63, 3.8) is 0 Å². The number of hydrogen-bond donors (Lipinski definition) is 0. The van der Waals surface area contributed by atoms with E-state index in [1.54, 1.807) is 13.8 Å². The van der Waals surface area contributed by atoms with Crippen LogP contribution in [0.3, 0.4) is 0 Å². The number of hydrogen-bond acceptors (Lipinski definition) is 5. The number of carbonyl (C=O) groups excluding carboxylic acids is 2. The van der Waals surface area contributed by atoms with E-state index in [2.05, 4.69) is 4.99 Å². The molecule has 5 nitrogen and oxygen atoms in total. The highest BCUT2D eigenvalue weighted by molar-refractivity contribution is 6.05. The summed E-state index contributed by atoms with van der Waals surface area (Å²) in [5.41, 5.74) is 2.00. The maximum absolute atomic E-state index is 12.6. The van der Waals surface area contributed by atoms with Gasteiger partial charge in [0.15, 0.2) is 0 Å². The van der Waals surface area contributed by atoms with Crippen molar-refractivity contribution in [2.45, 2.75) is 59.8 Å². The molecule has 1 aliphatic heterocycles. The van der Waals surface area contributed by atoms with E-state index in [-0.39, 0.29) is 17.9 Å². The fourth-order valence-electron chi connectivity index (χ4n) is 4.11. The highest BCUT2D eigenvalue weighted by Gasteiger charge is 2.45. The Morgan fingerprint density at radius 3 is 2.25 bits per heavy atom. The van der Waals surface area contributed by atoms with E-state index in [9.17, 15) is 9.59 Å². The molecule has 1 heterocycles. The van der Waals surface area contributed by atoms with E-state index in [1.807, 2.05) is 13.8 Å². The van der Waals surface area contributed by atoms with Crippen molar-refractivity contribution < 1.29 is 19.1 Å². The molecule has 0 amide bonds. The summed E-state index contributed by atoms with van der Waals surface area (Å²) >= 11 is 0. The summed E-state index contributed by atoms with van der Waals surface area (Å²) in [4.78, 5) is 29.7. The Morgan fingerprint density at radius 2 is 1.67 bits per heavy atom. The molecule has 2 atom stereocenters. The van der Waals surface area contributed by atoms with Gasteiger partial charge >= 0.3 is 11.9 Å². The average Bonchev–Trinajstić information content (AvgIpc) is 2.55. The average molecular weight is 335 g/mol. The fraction of sp³-hybridized carbons (Fsp3) is 0.737. The van der Waals surface area contributed by atoms with Crippen LogP contribution in [-0.4, -0.2) is 30.9 Å². The number of ether oxygens (including phenoxy) is 2. The third-order valence-corrected chi connectivity index (χ3v) is 5.07. The van der Waals surface area contributed by atoms with E-state index in [4.69, 9.17) is 9.47 Å². The minimum Gasteiger partial charge on any atom is -0.465 e. The molecule has 0 radical (unpaired) electrons. The van der Waals surface area contributed by atoms with E-state index >= 15 is 0 Å². The third kappa shape index (κ3) is 3.87. The lowest BCUT2D eigenvalue weighted by molar-refractivity contribution is -0.148. The van der Waals surface area contributed by atoms with Crippen LogP contribution < -0.4 is 0 Å². The highest BCUT2D eigenvalue weighted by Crippen LogP contribution is 2.43. The van der Waals surface area contributed by atoms with E-state index < -0.39 is 5.92 Å². The van der Waals surface area contributed by atoms with Crippen LogP contribution in [0.15, 0.2) is 16.3 Å². The van der Waals surface area contributed by atoms with Crippen LogP contribution >= 0.6 is 0 Å². The molecule has 5 heteroatoms. The lowest BCUT2D eigenvalue weighted by Crippen LogP contribution is -2.42. The smallest absolute Gasteiger partial charge is 0.336 e. The minimum atomic E-state index is -0.476. The zero-order chi connectivity index (χ0) is 17.7. The van der Waals surface area contributed by atoms with Crippen molar-refractivity contribution in [3.05, 3.63) is 11.3 Å². The van der Waals surface area contributed by atoms with Crippen LogP contribution in [0, 0.1) is 17.8 Å². The first-order chi connectivity index (χ1) is 11.5. The van der Waals surface area contributed by atoms with Crippen molar-refractivity contribution in [2.24, 2.45) is 22.7 Å². The van der Waals surface area contributed by atoms with Gasteiger partial charge in [-0.15, -0.1) is 0 Å². The first-order valence-corrected chi connectivity index (χ1v) is 9.10. The lowest BCUT2D eigenvalue weighted by atomic mass is 9.68. The SMILES string of the molecule is CCOC(=O)C1=C(C)N=C(C)C(C(=O)OCC)C1C1CCCCC1. The molecular formula is C19H29NO4. The quantitative estimate of drug-likeness (QED) is 0.719. The van der Waals surface area contributed by atoms with E-state index in [0.29, 0.717) is 30.4 Å². The van der Waals surface area contributed by atoms with Crippen molar-refractivity contribution in [3.8, 4) is 0 Å². The fourth-order valence-corrected chi connectivity index (χ4v) is 4.11. The molecule has 0 N–H and O–H groups in total. The predicted octanol–water partition coefficient (Wildman–Crippen LogP) is 3.67. The maximum Gasteiger partial charge on any atom is 0.336 e. The Labute approximate surface area is 144 Å². The maximum atomic E-state index is 12.6. The van der Waals surface area contributed by atoms with Crippen LogP contribution in [0.5, 0.6) is 0 Å². The van der Waals surface area contributed by atoms with Gasteiger partial charge in [-0.3, -0.25) is 9.79 Å². The molecule has 2 rings (SSSR count). The number of allylic oxidation sites excluding steroid dienone is 1. The zero-order valence-electron chi connectivity index (χ0n) is 15.3. The summed E-state index contributed by atoms with van der Waals surface area (Å²) in [5, 5.41) is 0. The summed E-state index contributed by atoms with van der Waals surface area (Å²) in [6.07, 6.45) is 5.57. The summed E-state index contributed by atoms with van der Waals surface area (Å²) in [7, 11) is 0. The van der Waals surface area contributed by atoms with Crippen molar-refractivity contribution in [1.82, 2.24) is 0 Å². The molecule has 1 saturated carbocycles. The van der Waals surface area contributed by atoms with Gasteiger partial charge in [0.2, 0.25) is 0 Å². The van der Waals surface area contributed by atoms with Gasteiger partial charge in [0.05, 0.1) is 18.8 Å². The molecule has 24 heavy (non-hydrogen) atoms. The number of esters is 2. The molecular weight excluding hydrogens is 306 g/mol. The zero-order valence-corrected chi connectivity index (χ0v) is 15.3. The minimum absolute atomic E-state index is 0.180. The summed E-state index contributed by atoms with van der Waals surface area (Å²) in [6.45, 7) is 7.95. The third-order valence-electron chi connectivity index (χ3n) is 5.07. The van der Waals surface area contributed by atoms with Crippen LogP contribution in [-0.2, 0) is 19.1 Å². The topological polar surface area (TPSA) is 65.0 Å². The number of rotatable bonds is 5. The second-order valence-corrected chi connectivity index (χ2v) is 6.63. The standard InChI is InChI=1S/C19H29NO4/c1-5-23-18(21)15-12(3)20-13(4)16(19(22)24-6-2)17(15)14-10-8-7-9-11-14/h14-15,17H,5-11H2,1-4H3. The van der Waals surface area contributed by atoms with Crippen LogP contribution in [0.4, 0.5) is 0 Å². The first-order valence-electron chi connectivity index (χ1n) is 9.10. The Hall–Kier alpha value is -1.65. The lowest BCUT2D eigenvalue weighted by Gasteiger charge is -2.38. The Balaban J connectivity index is 2.44. The van der Waals surface area contributed by atoms with Gasteiger partial charge in [-0.25, -0.2) is 4.79 Å². The number of nitrogens with zero attached hydrogens (tertiary/aromatic N) is 1.